The number of amides is 1. The van der Waals surface area contributed by atoms with Crippen LogP contribution in [0.2, 0.25) is 0 Å². The fourth-order valence-electron chi connectivity index (χ4n) is 9.96. The van der Waals surface area contributed by atoms with E-state index in [-0.39, 0.29) is 43.9 Å². The second-order valence-corrected chi connectivity index (χ2v) is 18.8. The number of carbonyl (C=O) groups excluding carboxylic acids is 4. The van der Waals surface area contributed by atoms with Crippen LogP contribution in [0.3, 0.4) is 0 Å². The number of methoxy groups -OCH3 is 2. The minimum Gasteiger partial charge on any atom is -0.488 e. The van der Waals surface area contributed by atoms with Crippen molar-refractivity contribution in [1.29, 1.82) is 0 Å². The molecule has 0 aromatic heterocycles. The van der Waals surface area contributed by atoms with E-state index in [1.807, 2.05) is 44.2 Å². The van der Waals surface area contributed by atoms with Gasteiger partial charge in [-0.25, -0.2) is 9.18 Å². The number of rotatable bonds is 7. The van der Waals surface area contributed by atoms with Gasteiger partial charge >= 0.3 is 5.97 Å². The van der Waals surface area contributed by atoms with E-state index in [0.717, 1.165) is 10.5 Å². The van der Waals surface area contributed by atoms with Crippen LogP contribution >= 0.6 is 0 Å². The average Bonchev–Trinajstić information content (AvgIpc) is 3.27. The third-order valence-electron chi connectivity index (χ3n) is 14.1. The number of aliphatic hydroxyl groups is 3. The van der Waals surface area contributed by atoms with E-state index < -0.39 is 102 Å². The molecule has 63 heavy (non-hydrogen) atoms. The van der Waals surface area contributed by atoms with E-state index in [1.165, 1.54) is 14.2 Å². The smallest absolute Gasteiger partial charge is 0.329 e. The monoisotopic (exact) mass is 886 g/mol. The number of ether oxygens (including phenoxy) is 5. The van der Waals surface area contributed by atoms with Gasteiger partial charge < -0.3 is 43.9 Å². The normalized spacial score (nSPS) is 38.5. The van der Waals surface area contributed by atoms with Crippen molar-refractivity contribution < 1.29 is 62.6 Å². The SMILES string of the molecule is CCC1C=C(C)C(F)C(C)CC(OC)C2OC(O)(C(=O)C(=O)N3CCCCC3C(=O)OC(C(C)=CC3CCC(O)C(Oc4ccc(C)cc4)C3)C(C)C(O)CC1=O)C(C)CC2OC. The van der Waals surface area contributed by atoms with Crippen molar-refractivity contribution in [3.05, 3.63) is 53.1 Å². The molecule has 15 unspecified atom stereocenters. The maximum atomic E-state index is 16.3. The molecule has 352 valence electrons. The number of ketones is 2. The Hall–Kier alpha value is -3.53. The Morgan fingerprint density at radius 1 is 0.921 bits per heavy atom. The van der Waals surface area contributed by atoms with Crippen LogP contribution in [0.5, 0.6) is 5.75 Å². The van der Waals surface area contributed by atoms with Gasteiger partial charge in [-0.3, -0.25) is 14.4 Å². The number of halogens is 1. The maximum absolute atomic E-state index is 16.3. The van der Waals surface area contributed by atoms with E-state index in [9.17, 15) is 34.5 Å². The van der Waals surface area contributed by atoms with Gasteiger partial charge in [0.15, 0.2) is 0 Å². The van der Waals surface area contributed by atoms with E-state index in [2.05, 4.69) is 0 Å². The zero-order chi connectivity index (χ0) is 46.3. The maximum Gasteiger partial charge on any atom is 0.329 e. The Morgan fingerprint density at radius 2 is 1.59 bits per heavy atom. The quantitative estimate of drug-likeness (QED) is 0.162. The van der Waals surface area contributed by atoms with Crippen LogP contribution < -0.4 is 4.74 Å². The summed E-state index contributed by atoms with van der Waals surface area (Å²) < 4.78 is 46.6. The number of carbonyl (C=O) groups is 4. The largest absolute Gasteiger partial charge is 0.488 e. The van der Waals surface area contributed by atoms with Crippen LogP contribution in [0.15, 0.2) is 47.6 Å². The number of aliphatic hydroxyl groups excluding tert-OH is 2. The summed E-state index contributed by atoms with van der Waals surface area (Å²) >= 11 is 0. The Morgan fingerprint density at radius 3 is 2.24 bits per heavy atom. The molecule has 5 rings (SSSR count). The van der Waals surface area contributed by atoms with Crippen molar-refractivity contribution in [1.82, 2.24) is 4.90 Å². The summed E-state index contributed by atoms with van der Waals surface area (Å²) in [5.41, 5.74) is 2.01. The number of cyclic esters (lactones) is 1. The molecule has 14 heteroatoms. The van der Waals surface area contributed by atoms with Crippen LogP contribution in [-0.2, 0) is 38.1 Å². The van der Waals surface area contributed by atoms with Crippen molar-refractivity contribution in [2.45, 2.75) is 173 Å². The molecule has 2 saturated heterocycles. The van der Waals surface area contributed by atoms with Gasteiger partial charge in [-0.2, -0.15) is 0 Å². The molecular weight excluding hydrogens is 814 g/mol. The summed E-state index contributed by atoms with van der Waals surface area (Å²) in [6.45, 7) is 12.2. The first kappa shape index (κ1) is 50.5. The molecule has 1 aromatic rings. The van der Waals surface area contributed by atoms with Crippen molar-refractivity contribution in [3.63, 3.8) is 0 Å². The molecule has 1 aliphatic carbocycles. The Kier molecular flexibility index (Phi) is 17.7. The van der Waals surface area contributed by atoms with Gasteiger partial charge in [-0.05, 0) is 114 Å². The molecule has 3 heterocycles. The fraction of sp³-hybridized carbons (Fsp3) is 0.714. The van der Waals surface area contributed by atoms with Crippen LogP contribution in [0.1, 0.15) is 111 Å². The molecular formula is C49H72FNO12. The predicted molar refractivity (Wildman–Crippen MR) is 233 cm³/mol. The molecule has 1 amide bonds. The van der Waals surface area contributed by atoms with Gasteiger partial charge in [0.1, 0.15) is 42.1 Å². The summed E-state index contributed by atoms with van der Waals surface area (Å²) in [4.78, 5) is 58.1. The Bertz CT molecular complexity index is 1800. The molecule has 3 N–H and O–H groups in total. The van der Waals surface area contributed by atoms with Crippen LogP contribution in [0.25, 0.3) is 0 Å². The summed E-state index contributed by atoms with van der Waals surface area (Å²) in [7, 11) is 2.88. The lowest BCUT2D eigenvalue weighted by atomic mass is 9.81. The number of hydrogen-bond donors (Lipinski definition) is 3. The lowest BCUT2D eigenvalue weighted by molar-refractivity contribution is -0.302. The van der Waals surface area contributed by atoms with Crippen molar-refractivity contribution >= 4 is 23.4 Å². The van der Waals surface area contributed by atoms with Gasteiger partial charge in [0.2, 0.25) is 5.79 Å². The number of allylic oxidation sites excluding steroid dienone is 3. The fourth-order valence-corrected chi connectivity index (χ4v) is 9.96. The molecule has 0 spiro atoms. The molecule has 3 aliphatic heterocycles. The van der Waals surface area contributed by atoms with Crippen molar-refractivity contribution in [3.8, 4) is 5.75 Å². The molecule has 2 bridgehead atoms. The van der Waals surface area contributed by atoms with E-state index >= 15 is 4.39 Å². The number of fused-ring (bicyclic) bond motifs is 3. The zero-order valence-corrected chi connectivity index (χ0v) is 38.7. The van der Waals surface area contributed by atoms with Gasteiger partial charge in [0, 0.05) is 44.9 Å². The van der Waals surface area contributed by atoms with Gasteiger partial charge in [-0.1, -0.05) is 57.5 Å². The Balaban J connectivity index is 1.52. The highest BCUT2D eigenvalue weighted by atomic mass is 19.1. The van der Waals surface area contributed by atoms with Crippen LogP contribution in [0, 0.1) is 36.5 Å². The summed E-state index contributed by atoms with van der Waals surface area (Å²) in [5.74, 6) is -8.62. The molecule has 4 aliphatic rings. The molecule has 15 atom stereocenters. The zero-order valence-electron chi connectivity index (χ0n) is 38.7. The Labute approximate surface area is 372 Å². The minimum atomic E-state index is -2.61. The number of Topliss-reactive ketones (excluding diaryl/α,β-unsaturated/α-hetero) is 2. The standard InChI is InChI=1S/C49H72FNO12/c1-10-34-22-28(3)43(50)29(4)23-41(59-8)45-42(60-9)24-31(6)49(58,63-45)46(55)47(56)51-20-12-11-13-36(51)48(57)62-44(32(7)38(53)26-39(34)54)30(5)21-33-16-19-37(52)40(25-33)61-35-17-14-27(2)15-18-35/h14-15,17-18,21-22,29,31-34,36-38,40-45,52-53,58H,10-13,16,19-20,23-26H2,1-9H3. The second-order valence-electron chi connectivity index (χ2n) is 18.8. The number of hydrogen-bond acceptors (Lipinski definition) is 12. The highest BCUT2D eigenvalue weighted by Crippen LogP contribution is 2.40. The van der Waals surface area contributed by atoms with E-state index in [1.54, 1.807) is 40.7 Å². The van der Waals surface area contributed by atoms with E-state index in [0.29, 0.717) is 55.4 Å². The first-order chi connectivity index (χ1) is 29.8. The molecule has 13 nitrogen and oxygen atoms in total. The third-order valence-corrected chi connectivity index (χ3v) is 14.1. The first-order valence-electron chi connectivity index (χ1n) is 23.0. The number of piperidine rings is 1. The van der Waals surface area contributed by atoms with Gasteiger partial charge in [-0.15, -0.1) is 0 Å². The lowest BCUT2D eigenvalue weighted by Crippen LogP contribution is -2.64. The van der Waals surface area contributed by atoms with E-state index in [4.69, 9.17) is 23.7 Å². The second kappa shape index (κ2) is 22.1. The summed E-state index contributed by atoms with van der Waals surface area (Å²) in [6, 6.07) is 6.40. The summed E-state index contributed by atoms with van der Waals surface area (Å²) in [5, 5.41) is 34.8. The number of alkyl halides is 1. The van der Waals surface area contributed by atoms with Gasteiger partial charge in [0.05, 0.1) is 24.4 Å². The third kappa shape index (κ3) is 11.8. The average molecular weight is 886 g/mol. The number of esters is 1. The number of aryl methyl sites for hydroxylation is 1. The van der Waals surface area contributed by atoms with Crippen LogP contribution in [0.4, 0.5) is 4.39 Å². The minimum absolute atomic E-state index is 0.0404. The highest BCUT2D eigenvalue weighted by molar-refractivity contribution is 6.39. The van der Waals surface area contributed by atoms with Crippen molar-refractivity contribution in [2.75, 3.05) is 20.8 Å². The topological polar surface area (TPSA) is 178 Å². The number of nitrogens with zero attached hydrogens (tertiary/aromatic N) is 1. The molecule has 0 radical (unpaired) electrons. The summed E-state index contributed by atoms with van der Waals surface area (Å²) in [6.07, 6.45) is -1.06. The van der Waals surface area contributed by atoms with Gasteiger partial charge in [0.25, 0.3) is 11.7 Å². The molecule has 1 aromatic carbocycles. The van der Waals surface area contributed by atoms with Crippen molar-refractivity contribution in [2.24, 2.45) is 29.6 Å². The highest BCUT2D eigenvalue weighted by Gasteiger charge is 2.57. The molecule has 3 fully saturated rings. The first-order valence-corrected chi connectivity index (χ1v) is 23.0. The van der Waals surface area contributed by atoms with Crippen LogP contribution in [-0.4, -0.2) is 125 Å². The molecule has 1 saturated carbocycles. The lowest BCUT2D eigenvalue weighted by Gasteiger charge is -2.47. The number of benzene rings is 1. The predicted octanol–water partition coefficient (Wildman–Crippen LogP) is 6.16.